The summed E-state index contributed by atoms with van der Waals surface area (Å²) < 4.78 is 5.18. The lowest BCUT2D eigenvalue weighted by atomic mass is 10.1. The highest BCUT2D eigenvalue weighted by molar-refractivity contribution is 5.93. The summed E-state index contributed by atoms with van der Waals surface area (Å²) in [4.78, 5) is 13.7. The summed E-state index contributed by atoms with van der Waals surface area (Å²) in [5.74, 6) is 0. The van der Waals surface area contributed by atoms with Gasteiger partial charge in [0.25, 0.3) is 0 Å². The molecule has 0 bridgehead atoms. The number of likely N-dealkylation sites (N-methyl/N-ethyl adjacent to an activating group) is 1. The maximum atomic E-state index is 12.2. The molecule has 2 amide bonds. The van der Waals surface area contributed by atoms with Gasteiger partial charge < -0.3 is 20.1 Å². The van der Waals surface area contributed by atoms with E-state index in [-0.39, 0.29) is 18.7 Å². The van der Waals surface area contributed by atoms with Crippen LogP contribution in [0.4, 0.5) is 10.5 Å². The van der Waals surface area contributed by atoms with Crippen LogP contribution in [0.1, 0.15) is 0 Å². The van der Waals surface area contributed by atoms with Crippen molar-refractivity contribution in [3.05, 3.63) is 42.5 Å². The quantitative estimate of drug-likeness (QED) is 0.888. The number of hydrogen-bond acceptors (Lipinski definition) is 3. The monoisotopic (exact) mass is 286 g/mol. The first-order valence-electron chi connectivity index (χ1n) is 6.93. The molecule has 0 aliphatic carbocycles. The van der Waals surface area contributed by atoms with Crippen molar-refractivity contribution in [1.29, 1.82) is 0 Å². The summed E-state index contributed by atoms with van der Waals surface area (Å²) in [6, 6.07) is 13.2. The number of carbonyl (C=O) groups excluding carboxylic acids is 1. The molecule has 1 aliphatic heterocycles. The SMILES string of the molecule is CN(C(=O)Nc1ccc2ccccc2c1)[C@@H]1COC[C@H]1O. The second kappa shape index (κ2) is 5.71. The first kappa shape index (κ1) is 13.9. The summed E-state index contributed by atoms with van der Waals surface area (Å²) in [6.45, 7) is 0.640. The summed E-state index contributed by atoms with van der Waals surface area (Å²) in [7, 11) is 1.67. The van der Waals surface area contributed by atoms with E-state index >= 15 is 0 Å². The van der Waals surface area contributed by atoms with Gasteiger partial charge >= 0.3 is 6.03 Å². The third kappa shape index (κ3) is 2.84. The number of nitrogens with one attached hydrogen (secondary N) is 1. The van der Waals surface area contributed by atoms with Gasteiger partial charge in [-0.15, -0.1) is 0 Å². The fourth-order valence-corrected chi connectivity index (χ4v) is 2.53. The van der Waals surface area contributed by atoms with Crippen molar-refractivity contribution in [2.75, 3.05) is 25.6 Å². The number of amides is 2. The van der Waals surface area contributed by atoms with Crippen molar-refractivity contribution < 1.29 is 14.6 Å². The van der Waals surface area contributed by atoms with Crippen molar-refractivity contribution in [2.45, 2.75) is 12.1 Å². The molecule has 2 aromatic carbocycles. The lowest BCUT2D eigenvalue weighted by Crippen LogP contribution is -2.45. The van der Waals surface area contributed by atoms with Gasteiger partial charge in [-0.3, -0.25) is 0 Å². The molecule has 110 valence electrons. The Labute approximate surface area is 123 Å². The van der Waals surface area contributed by atoms with Crippen molar-refractivity contribution in [2.24, 2.45) is 0 Å². The minimum Gasteiger partial charge on any atom is -0.388 e. The molecule has 0 radical (unpaired) electrons. The van der Waals surface area contributed by atoms with Gasteiger partial charge in [0.05, 0.1) is 25.4 Å². The van der Waals surface area contributed by atoms with Gasteiger partial charge in [0.15, 0.2) is 0 Å². The molecule has 1 saturated heterocycles. The molecule has 5 nitrogen and oxygen atoms in total. The normalized spacial score (nSPS) is 21.4. The first-order chi connectivity index (χ1) is 10.1. The number of nitrogens with zero attached hydrogens (tertiary/aromatic N) is 1. The van der Waals surface area contributed by atoms with E-state index in [0.29, 0.717) is 6.61 Å². The molecule has 21 heavy (non-hydrogen) atoms. The zero-order chi connectivity index (χ0) is 14.8. The van der Waals surface area contributed by atoms with Crippen LogP contribution in [0.25, 0.3) is 10.8 Å². The van der Waals surface area contributed by atoms with Gasteiger partial charge in [0, 0.05) is 12.7 Å². The van der Waals surface area contributed by atoms with Crippen LogP contribution in [0.2, 0.25) is 0 Å². The lowest BCUT2D eigenvalue weighted by Gasteiger charge is -2.25. The highest BCUT2D eigenvalue weighted by Crippen LogP contribution is 2.20. The van der Waals surface area contributed by atoms with Crippen LogP contribution in [-0.2, 0) is 4.74 Å². The minimum atomic E-state index is -0.627. The molecule has 5 heteroatoms. The number of anilines is 1. The van der Waals surface area contributed by atoms with Crippen LogP contribution in [0.5, 0.6) is 0 Å². The van der Waals surface area contributed by atoms with Crippen molar-refractivity contribution in [1.82, 2.24) is 4.90 Å². The predicted molar refractivity (Wildman–Crippen MR) is 81.3 cm³/mol. The average Bonchev–Trinajstić information content (AvgIpc) is 2.92. The molecule has 0 unspecified atom stereocenters. The number of hydrogen-bond donors (Lipinski definition) is 2. The topological polar surface area (TPSA) is 61.8 Å². The van der Waals surface area contributed by atoms with Crippen molar-refractivity contribution >= 4 is 22.5 Å². The number of ether oxygens (including phenoxy) is 1. The zero-order valence-electron chi connectivity index (χ0n) is 11.8. The Bertz CT molecular complexity index is 659. The van der Waals surface area contributed by atoms with Crippen LogP contribution in [0.3, 0.4) is 0 Å². The van der Waals surface area contributed by atoms with Gasteiger partial charge in [0.1, 0.15) is 0 Å². The van der Waals surface area contributed by atoms with Crippen LogP contribution in [0.15, 0.2) is 42.5 Å². The Morgan fingerprint density at radius 3 is 2.71 bits per heavy atom. The smallest absolute Gasteiger partial charge is 0.322 e. The van der Waals surface area contributed by atoms with Gasteiger partial charge in [0.2, 0.25) is 0 Å². The number of urea groups is 1. The largest absolute Gasteiger partial charge is 0.388 e. The highest BCUT2D eigenvalue weighted by Gasteiger charge is 2.32. The number of carbonyl (C=O) groups is 1. The maximum absolute atomic E-state index is 12.2. The fraction of sp³-hybridized carbons (Fsp3) is 0.312. The molecule has 1 fully saturated rings. The van der Waals surface area contributed by atoms with Crippen LogP contribution < -0.4 is 5.32 Å². The Kier molecular flexibility index (Phi) is 3.77. The Morgan fingerprint density at radius 1 is 1.24 bits per heavy atom. The number of benzene rings is 2. The number of fused-ring (bicyclic) bond motifs is 1. The molecule has 2 N–H and O–H groups in total. The van der Waals surface area contributed by atoms with Crippen molar-refractivity contribution in [3.8, 4) is 0 Å². The predicted octanol–water partition coefficient (Wildman–Crippen LogP) is 2.06. The highest BCUT2D eigenvalue weighted by atomic mass is 16.5. The standard InChI is InChI=1S/C16H18N2O3/c1-18(14-9-21-10-15(14)19)16(20)17-13-7-6-11-4-2-3-5-12(11)8-13/h2-8,14-15,19H,9-10H2,1H3,(H,17,20)/t14-,15-/m1/s1. The molecule has 0 saturated carbocycles. The van der Waals surface area contributed by atoms with E-state index < -0.39 is 6.10 Å². The summed E-state index contributed by atoms with van der Waals surface area (Å²) in [5.41, 5.74) is 0.735. The molecule has 2 atom stereocenters. The summed E-state index contributed by atoms with van der Waals surface area (Å²) in [5, 5.41) is 14.8. The van der Waals surface area contributed by atoms with E-state index in [4.69, 9.17) is 4.74 Å². The molecule has 0 aromatic heterocycles. The van der Waals surface area contributed by atoms with E-state index in [9.17, 15) is 9.90 Å². The lowest BCUT2D eigenvalue weighted by molar-refractivity contribution is 0.106. The first-order valence-corrected chi connectivity index (χ1v) is 6.93. The maximum Gasteiger partial charge on any atom is 0.322 e. The van der Waals surface area contributed by atoms with Gasteiger partial charge in [-0.2, -0.15) is 0 Å². The molecular formula is C16H18N2O3. The van der Waals surface area contributed by atoms with E-state index in [0.717, 1.165) is 16.5 Å². The van der Waals surface area contributed by atoms with Crippen molar-refractivity contribution in [3.63, 3.8) is 0 Å². The van der Waals surface area contributed by atoms with Crippen LogP contribution in [-0.4, -0.2) is 48.4 Å². The molecule has 1 heterocycles. The summed E-state index contributed by atoms with van der Waals surface area (Å²) in [6.07, 6.45) is -0.627. The van der Waals surface area contributed by atoms with E-state index in [1.54, 1.807) is 7.05 Å². The fourth-order valence-electron chi connectivity index (χ4n) is 2.53. The molecule has 0 spiro atoms. The van der Waals surface area contributed by atoms with Crippen LogP contribution in [0, 0.1) is 0 Å². The third-order valence-electron chi connectivity index (χ3n) is 3.84. The number of aliphatic hydroxyl groups excluding tert-OH is 1. The Hall–Kier alpha value is -2.11. The molecular weight excluding hydrogens is 268 g/mol. The molecule has 3 rings (SSSR count). The number of aliphatic hydroxyl groups is 1. The van der Waals surface area contributed by atoms with E-state index in [1.165, 1.54) is 4.90 Å². The second-order valence-corrected chi connectivity index (χ2v) is 5.28. The summed E-state index contributed by atoms with van der Waals surface area (Å²) >= 11 is 0. The van der Waals surface area contributed by atoms with Crippen LogP contribution >= 0.6 is 0 Å². The Morgan fingerprint density at radius 2 is 2.00 bits per heavy atom. The molecule has 2 aromatic rings. The minimum absolute atomic E-state index is 0.250. The Balaban J connectivity index is 1.73. The third-order valence-corrected chi connectivity index (χ3v) is 3.84. The average molecular weight is 286 g/mol. The van der Waals surface area contributed by atoms with Gasteiger partial charge in [-0.25, -0.2) is 4.79 Å². The second-order valence-electron chi connectivity index (χ2n) is 5.28. The van der Waals surface area contributed by atoms with E-state index in [2.05, 4.69) is 5.32 Å². The van der Waals surface area contributed by atoms with Gasteiger partial charge in [-0.05, 0) is 22.9 Å². The number of rotatable bonds is 2. The molecule has 1 aliphatic rings. The van der Waals surface area contributed by atoms with Gasteiger partial charge in [-0.1, -0.05) is 30.3 Å². The zero-order valence-corrected chi connectivity index (χ0v) is 11.8. The van der Waals surface area contributed by atoms with E-state index in [1.807, 2.05) is 42.5 Å².